The highest BCUT2D eigenvalue weighted by molar-refractivity contribution is 5.94. The number of nitrogen functional groups attached to an aromatic ring is 1. The Labute approximate surface area is 112 Å². The van der Waals surface area contributed by atoms with Gasteiger partial charge < -0.3 is 21.1 Å². The highest BCUT2D eigenvalue weighted by Crippen LogP contribution is 2.12. The van der Waals surface area contributed by atoms with Crippen molar-refractivity contribution in [3.63, 3.8) is 0 Å². The quantitative estimate of drug-likeness (QED) is 0.678. The summed E-state index contributed by atoms with van der Waals surface area (Å²) < 4.78 is 13.5. The molecule has 0 aliphatic heterocycles. The van der Waals surface area contributed by atoms with Crippen molar-refractivity contribution in [3.05, 3.63) is 29.6 Å². The second kappa shape index (κ2) is 5.99. The van der Waals surface area contributed by atoms with Crippen LogP contribution < -0.4 is 11.1 Å². The second-order valence-electron chi connectivity index (χ2n) is 5.16. The first-order chi connectivity index (χ1) is 8.71. The zero-order chi connectivity index (χ0) is 14.6. The predicted octanol–water partition coefficient (Wildman–Crippen LogP) is 0.450. The molecule has 0 aliphatic rings. The van der Waals surface area contributed by atoms with Crippen molar-refractivity contribution >= 4 is 11.6 Å². The summed E-state index contributed by atoms with van der Waals surface area (Å²) in [6, 6.07) is 3.86. The van der Waals surface area contributed by atoms with Gasteiger partial charge in [-0.25, -0.2) is 4.39 Å². The van der Waals surface area contributed by atoms with Crippen molar-refractivity contribution in [1.82, 2.24) is 10.2 Å². The number of likely N-dealkylation sites (N-methyl/N-ethyl adjacent to an activating group) is 1. The number of rotatable bonds is 5. The molecule has 4 N–H and O–H groups in total. The van der Waals surface area contributed by atoms with Gasteiger partial charge in [0.25, 0.3) is 5.91 Å². The van der Waals surface area contributed by atoms with E-state index in [0.29, 0.717) is 6.54 Å². The highest BCUT2D eigenvalue weighted by atomic mass is 19.1. The number of hydrogen-bond acceptors (Lipinski definition) is 4. The Morgan fingerprint density at radius 3 is 2.68 bits per heavy atom. The molecule has 1 aromatic rings. The summed E-state index contributed by atoms with van der Waals surface area (Å²) in [4.78, 5) is 13.6. The predicted molar refractivity (Wildman–Crippen MR) is 72.3 cm³/mol. The van der Waals surface area contributed by atoms with Crippen LogP contribution in [-0.4, -0.2) is 48.7 Å². The van der Waals surface area contributed by atoms with Crippen molar-refractivity contribution in [2.45, 2.75) is 12.5 Å². The lowest BCUT2D eigenvalue weighted by molar-refractivity contribution is 0.0325. The normalized spacial score (nSPS) is 14.2. The third-order valence-corrected chi connectivity index (χ3v) is 2.52. The number of aliphatic hydroxyl groups is 1. The number of anilines is 1. The van der Waals surface area contributed by atoms with E-state index in [0.717, 1.165) is 6.07 Å². The molecule has 5 nitrogen and oxygen atoms in total. The fourth-order valence-corrected chi connectivity index (χ4v) is 1.82. The van der Waals surface area contributed by atoms with Crippen LogP contribution in [0.25, 0.3) is 0 Å². The number of nitrogens with one attached hydrogen (secondary N) is 1. The second-order valence-corrected chi connectivity index (χ2v) is 5.16. The van der Waals surface area contributed by atoms with Gasteiger partial charge in [0, 0.05) is 18.8 Å². The Morgan fingerprint density at radius 1 is 1.53 bits per heavy atom. The molecule has 0 spiro atoms. The van der Waals surface area contributed by atoms with E-state index in [2.05, 4.69) is 5.32 Å². The molecule has 0 fully saturated rings. The van der Waals surface area contributed by atoms with Crippen molar-refractivity contribution in [1.29, 1.82) is 0 Å². The molecule has 1 rings (SSSR count). The molecule has 0 radical (unpaired) electrons. The van der Waals surface area contributed by atoms with Crippen molar-refractivity contribution < 1.29 is 14.3 Å². The topological polar surface area (TPSA) is 78.6 Å². The van der Waals surface area contributed by atoms with E-state index in [1.807, 2.05) is 14.1 Å². The van der Waals surface area contributed by atoms with Crippen LogP contribution >= 0.6 is 0 Å². The number of hydrogen-bond donors (Lipinski definition) is 3. The molecule has 0 saturated carbocycles. The average molecular weight is 269 g/mol. The lowest BCUT2D eigenvalue weighted by Crippen LogP contribution is -2.47. The largest absolute Gasteiger partial charge is 0.399 e. The molecule has 1 aromatic carbocycles. The molecule has 0 bridgehead atoms. The number of carbonyl (C=O) groups excluding carboxylic acids is 1. The SMILES string of the molecule is CN(C)CC(C)(O)CNC(=O)c1ccc(N)cc1F. The van der Waals surface area contributed by atoms with Gasteiger partial charge >= 0.3 is 0 Å². The summed E-state index contributed by atoms with van der Waals surface area (Å²) in [6.45, 7) is 2.03. The number of nitrogens with two attached hydrogens (primary N) is 1. The van der Waals surface area contributed by atoms with Crippen LogP contribution in [0.1, 0.15) is 17.3 Å². The summed E-state index contributed by atoms with van der Waals surface area (Å²) in [5, 5.41) is 12.5. The Balaban J connectivity index is 2.65. The maximum atomic E-state index is 13.5. The molecule has 0 heterocycles. The van der Waals surface area contributed by atoms with Crippen LogP contribution in [0.5, 0.6) is 0 Å². The van der Waals surface area contributed by atoms with Gasteiger partial charge in [0.1, 0.15) is 5.82 Å². The minimum absolute atomic E-state index is 0.0355. The van der Waals surface area contributed by atoms with Crippen molar-refractivity contribution in [3.8, 4) is 0 Å². The van der Waals surface area contributed by atoms with Crippen LogP contribution in [0.4, 0.5) is 10.1 Å². The molecule has 6 heteroatoms. The van der Waals surface area contributed by atoms with E-state index in [4.69, 9.17) is 5.73 Å². The zero-order valence-corrected chi connectivity index (χ0v) is 11.4. The maximum Gasteiger partial charge on any atom is 0.254 e. The first kappa shape index (κ1) is 15.4. The van der Waals surface area contributed by atoms with Gasteiger partial charge in [-0.15, -0.1) is 0 Å². The number of halogens is 1. The van der Waals surface area contributed by atoms with Gasteiger partial charge in [0.2, 0.25) is 0 Å². The van der Waals surface area contributed by atoms with Gasteiger partial charge in [-0.3, -0.25) is 4.79 Å². The van der Waals surface area contributed by atoms with Crippen molar-refractivity contribution in [2.75, 3.05) is 32.9 Å². The van der Waals surface area contributed by atoms with Gasteiger partial charge in [-0.2, -0.15) is 0 Å². The average Bonchev–Trinajstić information content (AvgIpc) is 2.24. The molecular weight excluding hydrogens is 249 g/mol. The van der Waals surface area contributed by atoms with Crippen LogP contribution in [0, 0.1) is 5.82 Å². The van der Waals surface area contributed by atoms with Crippen LogP contribution in [-0.2, 0) is 0 Å². The van der Waals surface area contributed by atoms with Crippen LogP contribution in [0.15, 0.2) is 18.2 Å². The molecule has 1 unspecified atom stereocenters. The van der Waals surface area contributed by atoms with E-state index in [-0.39, 0.29) is 17.8 Å². The lowest BCUT2D eigenvalue weighted by Gasteiger charge is -2.27. The molecule has 0 aromatic heterocycles. The summed E-state index contributed by atoms with van der Waals surface area (Å²) in [7, 11) is 3.63. The standard InChI is InChI=1S/C13H20FN3O2/c1-13(19,8-17(2)3)7-16-12(18)10-5-4-9(15)6-11(10)14/h4-6,19H,7-8,15H2,1-3H3,(H,16,18). The highest BCUT2D eigenvalue weighted by Gasteiger charge is 2.23. The van der Waals surface area contributed by atoms with Gasteiger partial charge in [0.05, 0.1) is 11.2 Å². The van der Waals surface area contributed by atoms with E-state index < -0.39 is 17.3 Å². The molecule has 19 heavy (non-hydrogen) atoms. The molecule has 0 aliphatic carbocycles. The molecular formula is C13H20FN3O2. The Hall–Kier alpha value is -1.66. The Bertz CT molecular complexity index is 461. The van der Waals surface area contributed by atoms with Gasteiger partial charge in [-0.1, -0.05) is 0 Å². The smallest absolute Gasteiger partial charge is 0.254 e. The van der Waals surface area contributed by atoms with E-state index >= 15 is 0 Å². The lowest BCUT2D eigenvalue weighted by atomic mass is 10.1. The first-order valence-electron chi connectivity index (χ1n) is 5.91. The summed E-state index contributed by atoms with van der Waals surface area (Å²) in [5.41, 5.74) is 4.50. The fourth-order valence-electron chi connectivity index (χ4n) is 1.82. The first-order valence-corrected chi connectivity index (χ1v) is 5.91. The Morgan fingerprint density at radius 2 is 2.16 bits per heavy atom. The summed E-state index contributed by atoms with van der Waals surface area (Å²) >= 11 is 0. The minimum atomic E-state index is -1.08. The number of amides is 1. The molecule has 0 saturated heterocycles. The van der Waals surface area contributed by atoms with Crippen LogP contribution in [0.3, 0.4) is 0 Å². The fraction of sp³-hybridized carbons (Fsp3) is 0.462. The number of benzene rings is 1. The van der Waals surface area contributed by atoms with Crippen LogP contribution in [0.2, 0.25) is 0 Å². The molecule has 106 valence electrons. The third-order valence-electron chi connectivity index (χ3n) is 2.52. The van der Waals surface area contributed by atoms with Gasteiger partial charge in [-0.05, 0) is 39.2 Å². The van der Waals surface area contributed by atoms with E-state index in [1.54, 1.807) is 11.8 Å². The molecule has 1 amide bonds. The third kappa shape index (κ3) is 4.84. The maximum absolute atomic E-state index is 13.5. The Kier molecular flexibility index (Phi) is 4.85. The zero-order valence-electron chi connectivity index (χ0n) is 11.4. The van der Waals surface area contributed by atoms with Gasteiger partial charge in [0.15, 0.2) is 0 Å². The van der Waals surface area contributed by atoms with Crippen molar-refractivity contribution in [2.24, 2.45) is 0 Å². The monoisotopic (exact) mass is 269 g/mol. The van der Waals surface area contributed by atoms with E-state index in [1.165, 1.54) is 12.1 Å². The molecule has 1 atom stereocenters. The number of nitrogens with zero attached hydrogens (tertiary/aromatic N) is 1. The number of carbonyl (C=O) groups is 1. The minimum Gasteiger partial charge on any atom is -0.399 e. The summed E-state index contributed by atoms with van der Waals surface area (Å²) in [5.74, 6) is -1.25. The summed E-state index contributed by atoms with van der Waals surface area (Å²) in [6.07, 6.45) is 0. The van der Waals surface area contributed by atoms with E-state index in [9.17, 15) is 14.3 Å².